The van der Waals surface area contributed by atoms with Crippen LogP contribution < -0.4 is 15.5 Å². The van der Waals surface area contributed by atoms with E-state index in [1.54, 1.807) is 0 Å². The maximum Gasteiger partial charge on any atom is 0.0367 e. The Morgan fingerprint density at radius 3 is 2.06 bits per heavy atom. The Kier molecular flexibility index (Phi) is 5.90. The van der Waals surface area contributed by atoms with E-state index in [-0.39, 0.29) is 0 Å². The minimum atomic E-state index is 1.11. The SMILES string of the molecule is CNC.Cc1ccc(N2CCNCC2)cc1. The number of aryl methyl sites for hydroxylation is 1. The zero-order chi connectivity index (χ0) is 11.8. The van der Waals surface area contributed by atoms with Gasteiger partial charge in [0.2, 0.25) is 0 Å². The minimum absolute atomic E-state index is 1.11. The highest BCUT2D eigenvalue weighted by molar-refractivity contribution is 5.47. The van der Waals surface area contributed by atoms with Gasteiger partial charge in [0, 0.05) is 31.9 Å². The van der Waals surface area contributed by atoms with Crippen molar-refractivity contribution >= 4 is 5.69 Å². The lowest BCUT2D eigenvalue weighted by Crippen LogP contribution is -2.43. The van der Waals surface area contributed by atoms with Crippen molar-refractivity contribution in [2.45, 2.75) is 6.92 Å². The van der Waals surface area contributed by atoms with Crippen LogP contribution in [0.15, 0.2) is 24.3 Å². The van der Waals surface area contributed by atoms with Gasteiger partial charge in [-0.3, -0.25) is 0 Å². The topological polar surface area (TPSA) is 27.3 Å². The molecular formula is C13H23N3. The maximum absolute atomic E-state index is 3.35. The summed E-state index contributed by atoms with van der Waals surface area (Å²) in [5.41, 5.74) is 2.69. The van der Waals surface area contributed by atoms with Crippen LogP contribution in [-0.4, -0.2) is 40.3 Å². The van der Waals surface area contributed by atoms with Crippen molar-refractivity contribution in [1.82, 2.24) is 10.6 Å². The first-order chi connectivity index (χ1) is 7.77. The van der Waals surface area contributed by atoms with E-state index in [1.807, 2.05) is 14.1 Å². The molecule has 0 unspecified atom stereocenters. The van der Waals surface area contributed by atoms with Gasteiger partial charge < -0.3 is 15.5 Å². The standard InChI is InChI=1S/C11H16N2.C2H7N/c1-10-2-4-11(5-3-10)13-8-6-12-7-9-13;1-3-2/h2-5,12H,6-9H2,1H3;3H,1-2H3. The lowest BCUT2D eigenvalue weighted by atomic mass is 10.2. The van der Waals surface area contributed by atoms with E-state index in [1.165, 1.54) is 11.3 Å². The summed E-state index contributed by atoms with van der Waals surface area (Å²) in [5, 5.41) is 6.10. The van der Waals surface area contributed by atoms with Crippen LogP contribution in [-0.2, 0) is 0 Å². The first-order valence-electron chi connectivity index (χ1n) is 5.88. The third-order valence-corrected chi connectivity index (χ3v) is 2.52. The second kappa shape index (κ2) is 7.25. The highest BCUT2D eigenvalue weighted by Crippen LogP contribution is 2.14. The Morgan fingerprint density at radius 1 is 1.06 bits per heavy atom. The molecule has 0 saturated carbocycles. The third kappa shape index (κ3) is 4.21. The first-order valence-corrected chi connectivity index (χ1v) is 5.88. The Morgan fingerprint density at radius 2 is 1.56 bits per heavy atom. The van der Waals surface area contributed by atoms with E-state index >= 15 is 0 Å². The van der Waals surface area contributed by atoms with Crippen molar-refractivity contribution < 1.29 is 0 Å². The van der Waals surface area contributed by atoms with E-state index in [9.17, 15) is 0 Å². The number of nitrogens with one attached hydrogen (secondary N) is 2. The molecule has 3 heteroatoms. The largest absolute Gasteiger partial charge is 0.369 e. The fraction of sp³-hybridized carbons (Fsp3) is 0.538. The molecule has 3 nitrogen and oxygen atoms in total. The molecule has 0 bridgehead atoms. The molecule has 1 saturated heterocycles. The monoisotopic (exact) mass is 221 g/mol. The van der Waals surface area contributed by atoms with Gasteiger partial charge in [-0.25, -0.2) is 0 Å². The summed E-state index contributed by atoms with van der Waals surface area (Å²) in [6, 6.07) is 8.77. The van der Waals surface area contributed by atoms with Gasteiger partial charge in [-0.15, -0.1) is 0 Å². The Balaban J connectivity index is 0.000000386. The lowest BCUT2D eigenvalue weighted by molar-refractivity contribution is 0.589. The number of nitrogens with zero attached hydrogens (tertiary/aromatic N) is 1. The van der Waals surface area contributed by atoms with Gasteiger partial charge in [0.25, 0.3) is 0 Å². The minimum Gasteiger partial charge on any atom is -0.369 e. The van der Waals surface area contributed by atoms with Gasteiger partial charge in [-0.1, -0.05) is 17.7 Å². The highest BCUT2D eigenvalue weighted by Gasteiger charge is 2.08. The van der Waals surface area contributed by atoms with E-state index in [0.717, 1.165) is 26.2 Å². The smallest absolute Gasteiger partial charge is 0.0367 e. The van der Waals surface area contributed by atoms with Crippen molar-refractivity contribution in [3.8, 4) is 0 Å². The summed E-state index contributed by atoms with van der Waals surface area (Å²) >= 11 is 0. The zero-order valence-corrected chi connectivity index (χ0v) is 10.6. The summed E-state index contributed by atoms with van der Waals surface area (Å²) in [5.74, 6) is 0. The van der Waals surface area contributed by atoms with Crippen molar-refractivity contribution in [2.24, 2.45) is 0 Å². The zero-order valence-electron chi connectivity index (χ0n) is 10.6. The molecule has 1 aromatic rings. The van der Waals surface area contributed by atoms with Crippen molar-refractivity contribution in [3.05, 3.63) is 29.8 Å². The van der Waals surface area contributed by atoms with Crippen LogP contribution in [0.25, 0.3) is 0 Å². The Hall–Kier alpha value is -1.06. The fourth-order valence-corrected chi connectivity index (χ4v) is 1.68. The van der Waals surface area contributed by atoms with Gasteiger partial charge in [0.1, 0.15) is 0 Å². The molecular weight excluding hydrogens is 198 g/mol. The molecule has 1 aliphatic heterocycles. The van der Waals surface area contributed by atoms with Crippen molar-refractivity contribution in [3.63, 3.8) is 0 Å². The van der Waals surface area contributed by atoms with Gasteiger partial charge in [-0.2, -0.15) is 0 Å². The summed E-state index contributed by atoms with van der Waals surface area (Å²) < 4.78 is 0. The van der Waals surface area contributed by atoms with E-state index in [2.05, 4.69) is 46.7 Å². The molecule has 0 aliphatic carbocycles. The summed E-state index contributed by atoms with van der Waals surface area (Å²) in [6.07, 6.45) is 0. The summed E-state index contributed by atoms with van der Waals surface area (Å²) in [6.45, 7) is 6.59. The number of hydrogen-bond acceptors (Lipinski definition) is 3. The maximum atomic E-state index is 3.35. The number of hydrogen-bond donors (Lipinski definition) is 2. The molecule has 0 atom stereocenters. The van der Waals surface area contributed by atoms with Gasteiger partial charge in [0.05, 0.1) is 0 Å². The molecule has 0 amide bonds. The molecule has 0 aromatic heterocycles. The fourth-order valence-electron chi connectivity index (χ4n) is 1.68. The third-order valence-electron chi connectivity index (χ3n) is 2.52. The normalized spacial score (nSPS) is 15.3. The van der Waals surface area contributed by atoms with Crippen molar-refractivity contribution in [1.29, 1.82) is 0 Å². The van der Waals surface area contributed by atoms with E-state index in [0.29, 0.717) is 0 Å². The summed E-state index contributed by atoms with van der Waals surface area (Å²) in [7, 11) is 3.75. The lowest BCUT2D eigenvalue weighted by Gasteiger charge is -2.29. The summed E-state index contributed by atoms with van der Waals surface area (Å²) in [4.78, 5) is 2.43. The van der Waals surface area contributed by atoms with Crippen LogP contribution in [0.3, 0.4) is 0 Å². The number of piperazine rings is 1. The molecule has 0 spiro atoms. The molecule has 2 N–H and O–H groups in total. The first kappa shape index (κ1) is 13.0. The van der Waals surface area contributed by atoms with Gasteiger partial charge in [-0.05, 0) is 33.2 Å². The molecule has 0 radical (unpaired) electrons. The Bertz CT molecular complexity index is 276. The van der Waals surface area contributed by atoms with Crippen LogP contribution in [0, 0.1) is 6.92 Å². The molecule has 90 valence electrons. The highest BCUT2D eigenvalue weighted by atomic mass is 15.2. The van der Waals surface area contributed by atoms with Crippen molar-refractivity contribution in [2.75, 3.05) is 45.2 Å². The molecule has 1 aliphatic rings. The number of rotatable bonds is 1. The van der Waals surface area contributed by atoms with Crippen LogP contribution in [0.1, 0.15) is 5.56 Å². The van der Waals surface area contributed by atoms with E-state index in [4.69, 9.17) is 0 Å². The van der Waals surface area contributed by atoms with Crippen LogP contribution >= 0.6 is 0 Å². The molecule has 2 rings (SSSR count). The van der Waals surface area contributed by atoms with Crippen LogP contribution in [0.5, 0.6) is 0 Å². The van der Waals surface area contributed by atoms with Gasteiger partial charge >= 0.3 is 0 Å². The van der Waals surface area contributed by atoms with Crippen LogP contribution in [0.4, 0.5) is 5.69 Å². The molecule has 1 heterocycles. The van der Waals surface area contributed by atoms with Gasteiger partial charge in [0.15, 0.2) is 0 Å². The second-order valence-electron chi connectivity index (χ2n) is 4.07. The second-order valence-corrected chi connectivity index (χ2v) is 4.07. The quantitative estimate of drug-likeness (QED) is 0.747. The molecule has 1 fully saturated rings. The average molecular weight is 221 g/mol. The predicted octanol–water partition coefficient (Wildman–Crippen LogP) is 1.24. The van der Waals surface area contributed by atoms with E-state index < -0.39 is 0 Å². The molecule has 1 aromatic carbocycles. The average Bonchev–Trinajstić information content (AvgIpc) is 2.32. The predicted molar refractivity (Wildman–Crippen MR) is 71.2 cm³/mol. The van der Waals surface area contributed by atoms with Crippen LogP contribution in [0.2, 0.25) is 0 Å². The Labute approximate surface area is 98.8 Å². The number of benzene rings is 1. The number of anilines is 1. The molecule has 16 heavy (non-hydrogen) atoms.